The number of aliphatic carboxylic acids is 1. The number of ether oxygens (including phenoxy) is 3. The summed E-state index contributed by atoms with van der Waals surface area (Å²) < 4.78 is 14.9. The van der Waals surface area contributed by atoms with Crippen LogP contribution in [0.1, 0.15) is 46.1 Å². The first-order valence-electron chi connectivity index (χ1n) is 11.4. The molecule has 0 saturated heterocycles. The number of benzene rings is 1. The van der Waals surface area contributed by atoms with Gasteiger partial charge in [0.2, 0.25) is 5.91 Å². The predicted molar refractivity (Wildman–Crippen MR) is 124 cm³/mol. The lowest BCUT2D eigenvalue weighted by molar-refractivity contribution is -0.160. The third-order valence-electron chi connectivity index (χ3n) is 4.78. The van der Waals surface area contributed by atoms with E-state index in [4.69, 9.17) is 14.2 Å². The quantitative estimate of drug-likeness (QED) is 0.260. The summed E-state index contributed by atoms with van der Waals surface area (Å²) in [7, 11) is 0. The van der Waals surface area contributed by atoms with Crippen molar-refractivity contribution in [2.24, 2.45) is 11.8 Å². The van der Waals surface area contributed by atoms with Crippen molar-refractivity contribution in [2.45, 2.75) is 59.2 Å². The molecule has 0 bridgehead atoms. The number of esters is 2. The molecule has 3 atom stereocenters. The first-order valence-corrected chi connectivity index (χ1v) is 11.4. The maximum absolute atomic E-state index is 13.0. The number of hydrogen-bond donors (Lipinski definition) is 3. The largest absolute Gasteiger partial charge is 0.480 e. The van der Waals surface area contributed by atoms with Crippen LogP contribution in [0.5, 0.6) is 0 Å². The molecule has 11 nitrogen and oxygen atoms in total. The second-order valence-corrected chi connectivity index (χ2v) is 8.08. The van der Waals surface area contributed by atoms with Gasteiger partial charge in [-0.25, -0.2) is 9.59 Å². The Hall–Kier alpha value is -3.63. The molecule has 0 fully saturated rings. The van der Waals surface area contributed by atoms with Gasteiger partial charge in [0.1, 0.15) is 18.7 Å². The van der Waals surface area contributed by atoms with Crippen LogP contribution in [0.3, 0.4) is 0 Å². The van der Waals surface area contributed by atoms with Gasteiger partial charge in [-0.1, -0.05) is 44.2 Å². The van der Waals surface area contributed by atoms with Crippen LogP contribution in [0.25, 0.3) is 0 Å². The summed E-state index contributed by atoms with van der Waals surface area (Å²) in [6, 6.07) is 5.98. The molecule has 194 valence electrons. The number of nitrogens with one attached hydrogen (secondary N) is 2. The third kappa shape index (κ3) is 10.9. The minimum absolute atomic E-state index is 0.0229. The fourth-order valence-electron chi connectivity index (χ4n) is 3.18. The molecular weight excluding hydrogens is 460 g/mol. The van der Waals surface area contributed by atoms with E-state index in [-0.39, 0.29) is 32.2 Å². The summed E-state index contributed by atoms with van der Waals surface area (Å²) in [5, 5.41) is 14.4. The van der Waals surface area contributed by atoms with E-state index in [0.717, 1.165) is 5.56 Å². The van der Waals surface area contributed by atoms with Gasteiger partial charge in [-0.3, -0.25) is 14.4 Å². The van der Waals surface area contributed by atoms with Gasteiger partial charge in [-0.15, -0.1) is 0 Å². The van der Waals surface area contributed by atoms with Crippen LogP contribution < -0.4 is 10.6 Å². The van der Waals surface area contributed by atoms with Gasteiger partial charge in [0.25, 0.3) is 0 Å². The number of amides is 2. The van der Waals surface area contributed by atoms with Crippen LogP contribution in [0.15, 0.2) is 30.3 Å². The van der Waals surface area contributed by atoms with Crippen LogP contribution in [0, 0.1) is 11.8 Å². The van der Waals surface area contributed by atoms with Crippen molar-refractivity contribution in [3.63, 3.8) is 0 Å². The summed E-state index contributed by atoms with van der Waals surface area (Å²) >= 11 is 0. The standard InChI is InChI=1S/C24H34N2O9/c1-5-33-19(27)13-17(23(31)34-6-2)20(22(29)30)26-21(28)18(12-15(3)4)25-24(32)35-14-16-10-8-7-9-11-16/h7-11,15,17-18,20H,5-6,12-14H2,1-4H3,(H,25,32)(H,26,28)(H,29,30)/t17-,18-,20-/m0/s1. The van der Waals surface area contributed by atoms with Crippen molar-refractivity contribution in [3.8, 4) is 0 Å². The number of carboxylic acids is 1. The van der Waals surface area contributed by atoms with Gasteiger partial charge in [0.15, 0.2) is 0 Å². The highest BCUT2D eigenvalue weighted by molar-refractivity contribution is 5.93. The molecule has 0 spiro atoms. The molecule has 0 heterocycles. The third-order valence-corrected chi connectivity index (χ3v) is 4.78. The Morgan fingerprint density at radius 1 is 0.914 bits per heavy atom. The highest BCUT2D eigenvalue weighted by atomic mass is 16.6. The van der Waals surface area contributed by atoms with Crippen molar-refractivity contribution in [2.75, 3.05) is 13.2 Å². The van der Waals surface area contributed by atoms with Gasteiger partial charge in [-0.2, -0.15) is 0 Å². The monoisotopic (exact) mass is 494 g/mol. The number of carbonyl (C=O) groups excluding carboxylic acids is 4. The molecule has 0 aliphatic rings. The smallest absolute Gasteiger partial charge is 0.408 e. The Morgan fingerprint density at radius 3 is 2.09 bits per heavy atom. The summed E-state index contributed by atoms with van der Waals surface area (Å²) in [5.74, 6) is -5.75. The lowest BCUT2D eigenvalue weighted by atomic mass is 9.95. The number of carboxylic acid groups (broad SMARTS) is 1. The Labute approximate surface area is 204 Å². The number of carbonyl (C=O) groups is 5. The Balaban J connectivity index is 2.99. The van der Waals surface area contributed by atoms with E-state index in [1.54, 1.807) is 31.2 Å². The zero-order chi connectivity index (χ0) is 26.4. The van der Waals surface area contributed by atoms with Gasteiger partial charge in [0.05, 0.1) is 25.6 Å². The summed E-state index contributed by atoms with van der Waals surface area (Å²) in [4.78, 5) is 61.7. The molecule has 0 aliphatic carbocycles. The molecule has 11 heteroatoms. The normalized spacial score (nSPS) is 13.2. The molecule has 0 aliphatic heterocycles. The molecule has 0 radical (unpaired) electrons. The van der Waals surface area contributed by atoms with Crippen molar-refractivity contribution in [1.29, 1.82) is 0 Å². The molecule has 1 aromatic rings. The minimum atomic E-state index is -1.79. The number of hydrogen-bond acceptors (Lipinski definition) is 8. The van der Waals surface area contributed by atoms with Crippen LogP contribution >= 0.6 is 0 Å². The van der Waals surface area contributed by atoms with E-state index in [9.17, 15) is 29.1 Å². The average molecular weight is 495 g/mol. The van der Waals surface area contributed by atoms with Gasteiger partial charge in [-0.05, 0) is 31.7 Å². The Bertz CT molecular complexity index is 858. The highest BCUT2D eigenvalue weighted by Gasteiger charge is 2.39. The molecule has 1 aromatic carbocycles. The van der Waals surface area contributed by atoms with E-state index in [0.29, 0.717) is 0 Å². The number of rotatable bonds is 14. The molecule has 0 unspecified atom stereocenters. The van der Waals surface area contributed by atoms with Crippen LogP contribution in [-0.2, 0) is 40.0 Å². The van der Waals surface area contributed by atoms with Crippen LogP contribution in [-0.4, -0.2) is 60.3 Å². The van der Waals surface area contributed by atoms with Crippen molar-refractivity contribution in [3.05, 3.63) is 35.9 Å². The van der Waals surface area contributed by atoms with Crippen molar-refractivity contribution in [1.82, 2.24) is 10.6 Å². The predicted octanol–water partition coefficient (Wildman–Crippen LogP) is 2.03. The van der Waals surface area contributed by atoms with E-state index in [2.05, 4.69) is 10.6 Å². The second-order valence-electron chi connectivity index (χ2n) is 8.08. The molecule has 1 rings (SSSR count). The fraction of sp³-hybridized carbons (Fsp3) is 0.542. The Morgan fingerprint density at radius 2 is 1.54 bits per heavy atom. The summed E-state index contributed by atoms with van der Waals surface area (Å²) in [6.07, 6.45) is -1.30. The van der Waals surface area contributed by atoms with E-state index in [1.807, 2.05) is 19.9 Å². The lowest BCUT2D eigenvalue weighted by Crippen LogP contribution is -2.55. The van der Waals surface area contributed by atoms with Gasteiger partial charge >= 0.3 is 24.0 Å². The number of alkyl carbamates (subject to hydrolysis) is 1. The van der Waals surface area contributed by atoms with Gasteiger partial charge in [0, 0.05) is 0 Å². The first-order chi connectivity index (χ1) is 16.6. The maximum Gasteiger partial charge on any atom is 0.408 e. The van der Waals surface area contributed by atoms with Crippen molar-refractivity contribution >= 4 is 29.9 Å². The average Bonchev–Trinajstić information content (AvgIpc) is 2.80. The summed E-state index contributed by atoms with van der Waals surface area (Å²) in [5.41, 5.74) is 0.745. The van der Waals surface area contributed by atoms with Crippen molar-refractivity contribution < 1.29 is 43.3 Å². The highest BCUT2D eigenvalue weighted by Crippen LogP contribution is 2.15. The van der Waals surface area contributed by atoms with Crippen LogP contribution in [0.4, 0.5) is 4.79 Å². The molecule has 2 amide bonds. The van der Waals surface area contributed by atoms with E-state index in [1.165, 1.54) is 6.92 Å². The van der Waals surface area contributed by atoms with Crippen LogP contribution in [0.2, 0.25) is 0 Å². The van der Waals surface area contributed by atoms with E-state index < -0.39 is 54.3 Å². The molecule has 35 heavy (non-hydrogen) atoms. The topological polar surface area (TPSA) is 157 Å². The second kappa shape index (κ2) is 15.3. The molecule has 0 saturated carbocycles. The minimum Gasteiger partial charge on any atom is -0.480 e. The molecule has 0 aromatic heterocycles. The maximum atomic E-state index is 13.0. The van der Waals surface area contributed by atoms with Gasteiger partial charge < -0.3 is 30.0 Å². The molecule has 3 N–H and O–H groups in total. The Kier molecular flexibility index (Phi) is 12.9. The SMILES string of the molecule is CCOC(=O)C[C@H](C(=O)OCC)[C@H](NC(=O)[C@H](CC(C)C)NC(=O)OCc1ccccc1)C(=O)O. The molecular formula is C24H34N2O9. The lowest BCUT2D eigenvalue weighted by Gasteiger charge is -2.26. The summed E-state index contributed by atoms with van der Waals surface area (Å²) in [6.45, 7) is 6.67. The fourth-order valence-corrected chi connectivity index (χ4v) is 3.18. The van der Waals surface area contributed by atoms with E-state index >= 15 is 0 Å². The first kappa shape index (κ1) is 29.4. The zero-order valence-electron chi connectivity index (χ0n) is 20.4. The zero-order valence-corrected chi connectivity index (χ0v) is 20.4.